The predicted molar refractivity (Wildman–Crippen MR) is 362 cm³/mol. The van der Waals surface area contributed by atoms with Crippen LogP contribution in [0.4, 0.5) is 0 Å². The second-order valence-electron chi connectivity index (χ2n) is 22.7. The van der Waals surface area contributed by atoms with Gasteiger partial charge in [0.15, 0.2) is 6.10 Å². The third-order valence-corrected chi connectivity index (χ3v) is 14.6. The Morgan fingerprint density at radius 3 is 0.759 bits per heavy atom. The molecule has 0 aliphatic heterocycles. The molecule has 0 fully saturated rings. The molecule has 472 valence electrons. The topological polar surface area (TPSA) is 78.9 Å². The smallest absolute Gasteiger partial charge is 0.306 e. The lowest BCUT2D eigenvalue weighted by Crippen LogP contribution is -2.30. The highest BCUT2D eigenvalue weighted by atomic mass is 16.6. The zero-order chi connectivity index (χ0) is 59.9. The van der Waals surface area contributed by atoms with Gasteiger partial charge in [0, 0.05) is 19.3 Å². The van der Waals surface area contributed by atoms with E-state index < -0.39 is 6.10 Å². The largest absolute Gasteiger partial charge is 0.462 e. The molecule has 0 saturated carbocycles. The molecule has 1 atom stereocenters. The Morgan fingerprint density at radius 2 is 0.470 bits per heavy atom. The summed E-state index contributed by atoms with van der Waals surface area (Å²) in [6, 6.07) is 0. The van der Waals surface area contributed by atoms with Crippen molar-refractivity contribution in [3.05, 3.63) is 134 Å². The van der Waals surface area contributed by atoms with Crippen LogP contribution < -0.4 is 0 Å². The molecule has 0 saturated heterocycles. The summed E-state index contributed by atoms with van der Waals surface area (Å²) in [5.74, 6) is -0.946. The van der Waals surface area contributed by atoms with Crippen LogP contribution in [0.5, 0.6) is 0 Å². The Bertz CT molecular complexity index is 1750. The summed E-state index contributed by atoms with van der Waals surface area (Å²) in [7, 11) is 0. The Kier molecular flexibility index (Phi) is 66.3. The summed E-state index contributed by atoms with van der Waals surface area (Å²) in [6.07, 6.45) is 99.1. The van der Waals surface area contributed by atoms with Gasteiger partial charge in [0.1, 0.15) is 13.2 Å². The average molecular weight is 1150 g/mol. The van der Waals surface area contributed by atoms with Crippen LogP contribution in [-0.4, -0.2) is 37.2 Å². The minimum atomic E-state index is -0.807. The molecule has 0 aromatic rings. The van der Waals surface area contributed by atoms with Gasteiger partial charge in [0.05, 0.1) is 0 Å². The van der Waals surface area contributed by atoms with Gasteiger partial charge in [-0.05, 0) is 135 Å². The number of ether oxygens (including phenoxy) is 3. The maximum Gasteiger partial charge on any atom is 0.306 e. The zero-order valence-corrected chi connectivity index (χ0v) is 54.2. The predicted octanol–water partition coefficient (Wildman–Crippen LogP) is 24.1. The normalized spacial score (nSPS) is 13.0. The number of hydrogen-bond donors (Lipinski definition) is 0. The van der Waals surface area contributed by atoms with Gasteiger partial charge in [-0.15, -0.1) is 0 Å². The molecule has 0 aromatic heterocycles. The van der Waals surface area contributed by atoms with Gasteiger partial charge in [0.2, 0.25) is 0 Å². The van der Waals surface area contributed by atoms with Crippen LogP contribution in [0.3, 0.4) is 0 Å². The lowest BCUT2D eigenvalue weighted by atomic mass is 10.0. The van der Waals surface area contributed by atoms with Crippen molar-refractivity contribution in [2.75, 3.05) is 13.2 Å². The summed E-state index contributed by atoms with van der Waals surface area (Å²) in [6.45, 7) is 6.36. The molecule has 0 bridgehead atoms. The van der Waals surface area contributed by atoms with E-state index in [9.17, 15) is 14.4 Å². The number of esters is 3. The fraction of sp³-hybridized carbons (Fsp3) is 0.675. The standard InChI is InChI=1S/C77H128O6/c1-4-7-10-13-16-19-22-25-28-30-32-33-34-35-36-37-38-39-40-41-42-43-45-46-49-52-55-58-61-64-67-70-76(79)82-73-74(72-81-75(78)69-66-63-60-57-54-51-48-27-24-21-18-15-12-9-6-3)83-77(80)71-68-65-62-59-56-53-50-47-44-31-29-26-23-20-17-14-11-8-5-2/h7,9-10,12,16-21,25-29,32-33,44,47-48,54,57,74H,4-6,8,11,13-15,22-24,30-31,34-43,45-46,49-53,55-56,58-73H2,1-3H3/b10-7-,12-9-,19-16-,20-17-,21-18-,28-25-,29-26-,33-32-,47-44-,48-27-,57-54-. The number of rotatable bonds is 62. The maximum atomic E-state index is 12.9. The molecule has 6 nitrogen and oxygen atoms in total. The van der Waals surface area contributed by atoms with E-state index in [4.69, 9.17) is 14.2 Å². The van der Waals surface area contributed by atoms with Crippen LogP contribution in [0.1, 0.15) is 316 Å². The monoisotopic (exact) mass is 1150 g/mol. The number of carbonyl (C=O) groups excluding carboxylic acids is 3. The number of unbranched alkanes of at least 4 members (excludes halogenated alkanes) is 29. The summed E-state index contributed by atoms with van der Waals surface area (Å²) in [5, 5.41) is 0. The number of carbonyl (C=O) groups is 3. The second kappa shape index (κ2) is 70.0. The SMILES string of the molecule is CC/C=C\C/C=C\C/C=C\C/C=C\CCCCCCCCCCCCCCCCCCCCC(=O)OCC(COC(=O)CCCC/C=C\C/C=C\C/C=C\C/C=C\CC)OC(=O)CCCCCCCC/C=C\C/C=C\C/C=C\CCCCC. The van der Waals surface area contributed by atoms with Gasteiger partial charge in [-0.3, -0.25) is 14.4 Å². The van der Waals surface area contributed by atoms with Crippen molar-refractivity contribution in [3.63, 3.8) is 0 Å². The first-order chi connectivity index (χ1) is 41.0. The van der Waals surface area contributed by atoms with E-state index in [0.29, 0.717) is 19.3 Å². The molecule has 6 heteroatoms. The first-order valence-corrected chi connectivity index (χ1v) is 34.7. The van der Waals surface area contributed by atoms with Crippen molar-refractivity contribution < 1.29 is 28.6 Å². The molecule has 0 heterocycles. The third kappa shape index (κ3) is 68.2. The highest BCUT2D eigenvalue weighted by Crippen LogP contribution is 2.17. The summed E-state index contributed by atoms with van der Waals surface area (Å²) < 4.78 is 16.9. The van der Waals surface area contributed by atoms with Gasteiger partial charge in [-0.1, -0.05) is 296 Å². The average Bonchev–Trinajstić information content (AvgIpc) is 3.49. The lowest BCUT2D eigenvalue weighted by Gasteiger charge is -2.18. The first kappa shape index (κ1) is 78.5. The number of allylic oxidation sites excluding steroid dienone is 22. The molecule has 0 aliphatic carbocycles. The van der Waals surface area contributed by atoms with Crippen LogP contribution in [0.25, 0.3) is 0 Å². The fourth-order valence-electron chi connectivity index (χ4n) is 9.49. The Balaban J connectivity index is 4.30. The van der Waals surface area contributed by atoms with Crippen LogP contribution in [0.2, 0.25) is 0 Å². The van der Waals surface area contributed by atoms with E-state index in [0.717, 1.165) is 135 Å². The quantitative estimate of drug-likeness (QED) is 0.0261. The molecule has 0 rings (SSSR count). The van der Waals surface area contributed by atoms with Crippen molar-refractivity contribution in [1.82, 2.24) is 0 Å². The first-order valence-electron chi connectivity index (χ1n) is 34.7. The molecule has 0 N–H and O–H groups in total. The van der Waals surface area contributed by atoms with Crippen LogP contribution in [-0.2, 0) is 28.6 Å². The highest BCUT2D eigenvalue weighted by Gasteiger charge is 2.19. The van der Waals surface area contributed by atoms with Crippen molar-refractivity contribution in [2.45, 2.75) is 322 Å². The minimum Gasteiger partial charge on any atom is -0.462 e. The van der Waals surface area contributed by atoms with E-state index >= 15 is 0 Å². The van der Waals surface area contributed by atoms with E-state index in [1.165, 1.54) is 141 Å². The van der Waals surface area contributed by atoms with Gasteiger partial charge in [-0.25, -0.2) is 0 Å². The van der Waals surface area contributed by atoms with Crippen LogP contribution in [0, 0.1) is 0 Å². The van der Waals surface area contributed by atoms with Crippen molar-refractivity contribution in [2.24, 2.45) is 0 Å². The molecule has 0 aromatic carbocycles. The number of hydrogen-bond acceptors (Lipinski definition) is 6. The summed E-state index contributed by atoms with van der Waals surface area (Å²) in [5.41, 5.74) is 0. The van der Waals surface area contributed by atoms with Crippen molar-refractivity contribution in [1.29, 1.82) is 0 Å². The van der Waals surface area contributed by atoms with E-state index in [2.05, 4.69) is 154 Å². The van der Waals surface area contributed by atoms with Crippen LogP contribution in [0.15, 0.2) is 134 Å². The lowest BCUT2D eigenvalue weighted by molar-refractivity contribution is -0.167. The Labute approximate surface area is 513 Å². The highest BCUT2D eigenvalue weighted by molar-refractivity contribution is 5.71. The molecule has 1 unspecified atom stereocenters. The zero-order valence-electron chi connectivity index (χ0n) is 54.2. The molecule has 0 spiro atoms. The minimum absolute atomic E-state index is 0.0977. The Morgan fingerprint density at radius 1 is 0.253 bits per heavy atom. The fourth-order valence-corrected chi connectivity index (χ4v) is 9.49. The third-order valence-electron chi connectivity index (χ3n) is 14.6. The molecular weight excluding hydrogens is 1020 g/mol. The second-order valence-corrected chi connectivity index (χ2v) is 22.7. The van der Waals surface area contributed by atoms with Gasteiger partial charge in [0.25, 0.3) is 0 Å². The van der Waals surface area contributed by atoms with Gasteiger partial charge >= 0.3 is 17.9 Å². The van der Waals surface area contributed by atoms with E-state index in [-0.39, 0.29) is 31.1 Å². The molecule has 0 aliphatic rings. The van der Waals surface area contributed by atoms with Crippen LogP contribution >= 0.6 is 0 Å². The molecule has 0 amide bonds. The Hall–Kier alpha value is -4.45. The van der Waals surface area contributed by atoms with Gasteiger partial charge in [-0.2, -0.15) is 0 Å². The molecule has 83 heavy (non-hydrogen) atoms. The van der Waals surface area contributed by atoms with Crippen molar-refractivity contribution >= 4 is 17.9 Å². The molecular formula is C77H128O6. The maximum absolute atomic E-state index is 12.9. The van der Waals surface area contributed by atoms with Crippen molar-refractivity contribution in [3.8, 4) is 0 Å². The van der Waals surface area contributed by atoms with E-state index in [1.807, 2.05) is 0 Å². The summed E-state index contributed by atoms with van der Waals surface area (Å²) in [4.78, 5) is 38.4. The summed E-state index contributed by atoms with van der Waals surface area (Å²) >= 11 is 0. The molecule has 0 radical (unpaired) electrons. The van der Waals surface area contributed by atoms with E-state index in [1.54, 1.807) is 0 Å². The van der Waals surface area contributed by atoms with Gasteiger partial charge < -0.3 is 14.2 Å².